The van der Waals surface area contributed by atoms with Gasteiger partial charge in [0.25, 0.3) is 5.91 Å². The molecule has 8 nitrogen and oxygen atoms in total. The fourth-order valence-electron chi connectivity index (χ4n) is 3.60. The summed E-state index contributed by atoms with van der Waals surface area (Å²) in [6.07, 6.45) is 0.541. The fraction of sp³-hybridized carbons (Fsp3) is 0.375. The van der Waals surface area contributed by atoms with E-state index in [-0.39, 0.29) is 24.5 Å². The highest BCUT2D eigenvalue weighted by Crippen LogP contribution is 2.33. The number of nitrogens with zero attached hydrogens (tertiary/aromatic N) is 3. The van der Waals surface area contributed by atoms with Crippen molar-refractivity contribution in [3.8, 4) is 5.75 Å². The van der Waals surface area contributed by atoms with E-state index in [2.05, 4.69) is 10.4 Å². The molecule has 0 bridgehead atoms. The third kappa shape index (κ3) is 6.24. The lowest BCUT2D eigenvalue weighted by molar-refractivity contribution is -0.133. The highest BCUT2D eigenvalue weighted by atomic mass is 35.5. The number of carbonyl (C=O) groups is 2. The van der Waals surface area contributed by atoms with Crippen molar-refractivity contribution in [1.82, 2.24) is 15.2 Å². The molecule has 1 aliphatic rings. The van der Waals surface area contributed by atoms with Crippen LogP contribution >= 0.6 is 11.6 Å². The van der Waals surface area contributed by atoms with Gasteiger partial charge >= 0.3 is 6.03 Å². The van der Waals surface area contributed by atoms with Crippen molar-refractivity contribution in [2.75, 3.05) is 40.5 Å². The molecule has 33 heavy (non-hydrogen) atoms. The van der Waals surface area contributed by atoms with Crippen LogP contribution in [0.15, 0.2) is 53.6 Å². The molecular formula is C24H29ClN4O4. The first-order valence-electron chi connectivity index (χ1n) is 10.8. The molecule has 3 amide bonds. The largest absolute Gasteiger partial charge is 0.497 e. The maximum atomic E-state index is 13.4. The molecule has 2 aromatic carbocycles. The van der Waals surface area contributed by atoms with Gasteiger partial charge in [-0.05, 0) is 54.4 Å². The number of nitrogens with one attached hydrogen (secondary N) is 1. The van der Waals surface area contributed by atoms with Gasteiger partial charge in [-0.25, -0.2) is 9.80 Å². The second-order valence-corrected chi connectivity index (χ2v) is 7.97. The minimum atomic E-state index is -0.315. The van der Waals surface area contributed by atoms with Gasteiger partial charge in [0.2, 0.25) is 0 Å². The van der Waals surface area contributed by atoms with Crippen molar-refractivity contribution < 1.29 is 19.1 Å². The van der Waals surface area contributed by atoms with E-state index in [0.29, 0.717) is 31.1 Å². The zero-order valence-electron chi connectivity index (χ0n) is 19.1. The molecule has 0 radical (unpaired) electrons. The fourth-order valence-corrected chi connectivity index (χ4v) is 3.72. The van der Waals surface area contributed by atoms with E-state index in [9.17, 15) is 9.59 Å². The van der Waals surface area contributed by atoms with Crippen LogP contribution in [0.1, 0.15) is 30.5 Å². The zero-order valence-corrected chi connectivity index (χ0v) is 19.8. The molecule has 0 spiro atoms. The molecule has 0 saturated heterocycles. The summed E-state index contributed by atoms with van der Waals surface area (Å²) >= 11 is 6.07. The lowest BCUT2D eigenvalue weighted by Crippen LogP contribution is -2.47. The molecule has 3 rings (SSSR count). The van der Waals surface area contributed by atoms with Crippen molar-refractivity contribution in [2.45, 2.75) is 19.4 Å². The highest BCUT2D eigenvalue weighted by molar-refractivity contribution is 6.30. The average Bonchev–Trinajstić information content (AvgIpc) is 3.28. The van der Waals surface area contributed by atoms with Gasteiger partial charge in [0.1, 0.15) is 12.3 Å². The average molecular weight is 473 g/mol. The molecule has 1 heterocycles. The highest BCUT2D eigenvalue weighted by Gasteiger charge is 2.34. The molecular weight excluding hydrogens is 444 g/mol. The number of hydrazone groups is 1. The number of carbonyl (C=O) groups excluding carboxylic acids is 2. The smallest absolute Gasteiger partial charge is 0.317 e. The van der Waals surface area contributed by atoms with Crippen LogP contribution in [0.2, 0.25) is 5.02 Å². The summed E-state index contributed by atoms with van der Waals surface area (Å²) in [5, 5.41) is 9.51. The Kier molecular flexibility index (Phi) is 8.68. The summed E-state index contributed by atoms with van der Waals surface area (Å²) in [4.78, 5) is 27.3. The molecule has 0 aliphatic carbocycles. The van der Waals surface area contributed by atoms with E-state index >= 15 is 0 Å². The topological polar surface area (TPSA) is 83.5 Å². The van der Waals surface area contributed by atoms with E-state index in [4.69, 9.17) is 21.1 Å². The van der Waals surface area contributed by atoms with Gasteiger partial charge in [-0.15, -0.1) is 0 Å². The van der Waals surface area contributed by atoms with Crippen molar-refractivity contribution in [3.63, 3.8) is 0 Å². The van der Waals surface area contributed by atoms with Crippen LogP contribution in [0.5, 0.6) is 5.75 Å². The van der Waals surface area contributed by atoms with Crippen molar-refractivity contribution in [2.24, 2.45) is 5.10 Å². The third-order valence-electron chi connectivity index (χ3n) is 5.35. The predicted octanol–water partition coefficient (Wildman–Crippen LogP) is 3.70. The van der Waals surface area contributed by atoms with Crippen LogP contribution in [0.25, 0.3) is 0 Å². The third-order valence-corrected chi connectivity index (χ3v) is 5.60. The van der Waals surface area contributed by atoms with Crippen LogP contribution < -0.4 is 10.1 Å². The predicted molar refractivity (Wildman–Crippen MR) is 128 cm³/mol. The van der Waals surface area contributed by atoms with Crippen LogP contribution in [-0.4, -0.2) is 68.0 Å². The SMILES string of the molecule is CCNC(=O)N(CCOC)CC(=O)N1N=C(c2ccc(OC)cc2)C[C@@H]1c1ccc(Cl)cc1. The molecule has 0 fully saturated rings. The van der Waals surface area contributed by atoms with Crippen molar-refractivity contribution >= 4 is 29.3 Å². The Hall–Kier alpha value is -3.10. The summed E-state index contributed by atoms with van der Waals surface area (Å²) < 4.78 is 10.3. The summed E-state index contributed by atoms with van der Waals surface area (Å²) in [5.41, 5.74) is 2.61. The van der Waals surface area contributed by atoms with Gasteiger partial charge in [-0.3, -0.25) is 4.79 Å². The summed E-state index contributed by atoms with van der Waals surface area (Å²) in [6.45, 7) is 2.80. The Morgan fingerprint density at radius 3 is 2.45 bits per heavy atom. The first-order chi connectivity index (χ1) is 16.0. The summed E-state index contributed by atoms with van der Waals surface area (Å²) in [5.74, 6) is 0.469. The van der Waals surface area contributed by atoms with Gasteiger partial charge in [-0.2, -0.15) is 5.10 Å². The molecule has 9 heteroatoms. The molecule has 0 aromatic heterocycles. The zero-order chi connectivity index (χ0) is 23.8. The number of halogens is 1. The van der Waals surface area contributed by atoms with E-state index in [1.165, 1.54) is 9.91 Å². The Labute approximate surface area is 199 Å². The van der Waals surface area contributed by atoms with E-state index in [1.807, 2.05) is 43.3 Å². The number of benzene rings is 2. The summed E-state index contributed by atoms with van der Waals surface area (Å²) in [6, 6.07) is 14.3. The second-order valence-electron chi connectivity index (χ2n) is 7.53. The summed E-state index contributed by atoms with van der Waals surface area (Å²) in [7, 11) is 3.17. The van der Waals surface area contributed by atoms with Crippen molar-refractivity contribution in [1.29, 1.82) is 0 Å². The number of methoxy groups -OCH3 is 2. The van der Waals surface area contributed by atoms with Gasteiger partial charge in [-0.1, -0.05) is 23.7 Å². The number of rotatable bonds is 9. The molecule has 176 valence electrons. The maximum absolute atomic E-state index is 13.4. The van der Waals surface area contributed by atoms with Gasteiger partial charge in [0.05, 0.1) is 25.5 Å². The minimum absolute atomic E-state index is 0.112. The van der Waals surface area contributed by atoms with Crippen LogP contribution in [0, 0.1) is 0 Å². The van der Waals surface area contributed by atoms with Crippen molar-refractivity contribution in [3.05, 3.63) is 64.7 Å². The van der Waals surface area contributed by atoms with Crippen LogP contribution in [0.4, 0.5) is 4.79 Å². The quantitative estimate of drug-likeness (QED) is 0.603. The molecule has 1 atom stereocenters. The molecule has 1 N–H and O–H groups in total. The van der Waals surface area contributed by atoms with E-state index < -0.39 is 0 Å². The Morgan fingerprint density at radius 2 is 1.85 bits per heavy atom. The monoisotopic (exact) mass is 472 g/mol. The number of hydrogen-bond acceptors (Lipinski definition) is 5. The first-order valence-corrected chi connectivity index (χ1v) is 11.2. The van der Waals surface area contributed by atoms with Crippen LogP contribution in [-0.2, 0) is 9.53 Å². The Bertz CT molecular complexity index is 979. The lowest BCUT2D eigenvalue weighted by atomic mass is 9.98. The lowest BCUT2D eigenvalue weighted by Gasteiger charge is -2.27. The van der Waals surface area contributed by atoms with Gasteiger partial charge < -0.3 is 19.7 Å². The number of amides is 3. The molecule has 0 unspecified atom stereocenters. The molecule has 0 saturated carbocycles. The van der Waals surface area contributed by atoms with Gasteiger partial charge in [0, 0.05) is 31.6 Å². The first kappa shape index (κ1) is 24.5. The maximum Gasteiger partial charge on any atom is 0.317 e. The number of urea groups is 1. The van der Waals surface area contributed by atoms with Crippen LogP contribution in [0.3, 0.4) is 0 Å². The second kappa shape index (κ2) is 11.7. The Morgan fingerprint density at radius 1 is 1.15 bits per heavy atom. The molecule has 2 aromatic rings. The minimum Gasteiger partial charge on any atom is -0.497 e. The van der Waals surface area contributed by atoms with Gasteiger partial charge in [0.15, 0.2) is 0 Å². The number of ether oxygens (including phenoxy) is 2. The normalized spacial score (nSPS) is 15.2. The van der Waals surface area contributed by atoms with E-state index in [0.717, 1.165) is 22.6 Å². The molecule has 1 aliphatic heterocycles. The number of hydrogen-bond donors (Lipinski definition) is 1. The Balaban J connectivity index is 1.88. The van der Waals surface area contributed by atoms with E-state index in [1.54, 1.807) is 26.4 Å². The standard InChI is InChI=1S/C24H29ClN4O4/c1-4-26-24(31)28(13-14-32-2)16-23(30)29-22(18-5-9-19(25)10-6-18)15-21(27-29)17-7-11-20(33-3)12-8-17/h5-12,22H,4,13-16H2,1-3H3,(H,26,31)/t22-/m1/s1.